The molecule has 0 radical (unpaired) electrons. The molecular formula is C9H12Br2N2. The fraction of sp³-hybridized carbons (Fsp3) is 0.444. The number of imidazole rings is 1. The summed E-state index contributed by atoms with van der Waals surface area (Å²) in [5.74, 6) is 0.612. The van der Waals surface area contributed by atoms with Crippen LogP contribution in [0.4, 0.5) is 0 Å². The maximum Gasteiger partial charge on any atom is 0.176 e. The van der Waals surface area contributed by atoms with E-state index in [1.54, 1.807) is 0 Å². The number of allylic oxidation sites excluding steroid dienone is 1. The molecule has 4 heteroatoms. The Morgan fingerprint density at radius 2 is 2.15 bits per heavy atom. The van der Waals surface area contributed by atoms with Gasteiger partial charge in [0.2, 0.25) is 0 Å². The summed E-state index contributed by atoms with van der Waals surface area (Å²) in [5.41, 5.74) is 2.07. The Labute approximate surface area is 95.1 Å². The zero-order valence-electron chi connectivity index (χ0n) is 7.69. The lowest BCUT2D eigenvalue weighted by Gasteiger charge is -2.06. The molecule has 13 heavy (non-hydrogen) atoms. The molecule has 0 atom stereocenters. The minimum absolute atomic E-state index is 0.612. The topological polar surface area (TPSA) is 28.7 Å². The molecular weight excluding hydrogens is 296 g/mol. The van der Waals surface area contributed by atoms with E-state index in [0.717, 1.165) is 27.0 Å². The number of nitrogens with zero attached hydrogens (tertiary/aromatic N) is 1. The van der Waals surface area contributed by atoms with Crippen molar-refractivity contribution in [2.75, 3.05) is 0 Å². The van der Waals surface area contributed by atoms with Crippen LogP contribution in [0.3, 0.4) is 0 Å². The zero-order valence-corrected chi connectivity index (χ0v) is 10.9. The molecule has 1 rings (SSSR count). The maximum absolute atomic E-state index is 4.16. The molecule has 0 saturated carbocycles. The minimum atomic E-state index is 0.612. The summed E-state index contributed by atoms with van der Waals surface area (Å²) in [7, 11) is 0. The number of hydrogen-bond donors (Lipinski definition) is 1. The van der Waals surface area contributed by atoms with Gasteiger partial charge in [-0.1, -0.05) is 20.4 Å². The highest BCUT2D eigenvalue weighted by atomic mass is 79.9. The normalized spacial score (nSPS) is 10.8. The summed E-state index contributed by atoms with van der Waals surface area (Å²) in [6.45, 7) is 8.36. The van der Waals surface area contributed by atoms with E-state index in [1.807, 2.05) is 0 Å². The molecule has 0 fully saturated rings. The zero-order chi connectivity index (χ0) is 10.0. The Morgan fingerprint density at radius 3 is 2.54 bits per heavy atom. The van der Waals surface area contributed by atoms with Gasteiger partial charge in [-0.15, -0.1) is 0 Å². The van der Waals surface area contributed by atoms with Crippen LogP contribution in [0.1, 0.15) is 26.0 Å². The Morgan fingerprint density at radius 1 is 1.54 bits per heavy atom. The monoisotopic (exact) mass is 306 g/mol. The van der Waals surface area contributed by atoms with Gasteiger partial charge in [0, 0.05) is 0 Å². The Hall–Kier alpha value is -0.0900. The van der Waals surface area contributed by atoms with E-state index in [9.17, 15) is 0 Å². The predicted molar refractivity (Wildman–Crippen MR) is 62.5 cm³/mol. The standard InChI is InChI=1S/C9H12Br2N2/c1-5(2)4-6(3)7-8(10)13-9(11)12-7/h5H,3-4H2,1-2H3,(H,12,13). The van der Waals surface area contributed by atoms with E-state index < -0.39 is 0 Å². The van der Waals surface area contributed by atoms with Crippen LogP contribution < -0.4 is 0 Å². The van der Waals surface area contributed by atoms with E-state index in [4.69, 9.17) is 0 Å². The largest absolute Gasteiger partial charge is 0.332 e. The number of H-pyrrole nitrogens is 1. The molecule has 1 aromatic rings. The van der Waals surface area contributed by atoms with Gasteiger partial charge in [-0.2, -0.15) is 0 Å². The highest BCUT2D eigenvalue weighted by Crippen LogP contribution is 2.26. The molecule has 1 heterocycles. The second-order valence-corrected chi connectivity index (χ2v) is 4.90. The summed E-state index contributed by atoms with van der Waals surface area (Å²) in [6, 6.07) is 0. The van der Waals surface area contributed by atoms with Gasteiger partial charge in [-0.05, 0) is 49.8 Å². The van der Waals surface area contributed by atoms with E-state index in [0.29, 0.717) is 5.92 Å². The fourth-order valence-electron chi connectivity index (χ4n) is 1.15. The lowest BCUT2D eigenvalue weighted by Crippen LogP contribution is -1.91. The number of aromatic amines is 1. The van der Waals surface area contributed by atoms with Crippen LogP contribution in [0.15, 0.2) is 15.9 Å². The lowest BCUT2D eigenvalue weighted by atomic mass is 10.0. The third-order valence-electron chi connectivity index (χ3n) is 1.64. The molecule has 1 aromatic heterocycles. The van der Waals surface area contributed by atoms with Crippen LogP contribution in [-0.2, 0) is 0 Å². The van der Waals surface area contributed by atoms with Crippen molar-refractivity contribution in [2.45, 2.75) is 20.3 Å². The van der Waals surface area contributed by atoms with Crippen molar-refractivity contribution >= 4 is 37.4 Å². The van der Waals surface area contributed by atoms with Gasteiger partial charge < -0.3 is 4.98 Å². The second-order valence-electron chi connectivity index (χ2n) is 3.39. The molecule has 0 aromatic carbocycles. The van der Waals surface area contributed by atoms with Crippen LogP contribution in [0, 0.1) is 5.92 Å². The first-order chi connectivity index (χ1) is 6.00. The molecule has 0 unspecified atom stereocenters. The molecule has 0 amide bonds. The van der Waals surface area contributed by atoms with E-state index >= 15 is 0 Å². The summed E-state index contributed by atoms with van der Waals surface area (Å²) in [5, 5.41) is 0. The molecule has 0 aliphatic heterocycles. The van der Waals surface area contributed by atoms with Crippen molar-refractivity contribution in [3.8, 4) is 0 Å². The number of hydrogen-bond acceptors (Lipinski definition) is 1. The number of nitrogens with one attached hydrogen (secondary N) is 1. The average molecular weight is 308 g/mol. The predicted octanol–water partition coefficient (Wildman–Crippen LogP) is 3.99. The molecule has 1 N–H and O–H groups in total. The molecule has 0 saturated heterocycles. The summed E-state index contributed by atoms with van der Waals surface area (Å²) in [4.78, 5) is 7.26. The first-order valence-electron chi connectivity index (χ1n) is 4.10. The average Bonchev–Trinajstić information content (AvgIpc) is 2.28. The minimum Gasteiger partial charge on any atom is -0.332 e. The van der Waals surface area contributed by atoms with Crippen LogP contribution in [0.5, 0.6) is 0 Å². The van der Waals surface area contributed by atoms with Crippen LogP contribution >= 0.6 is 31.9 Å². The van der Waals surface area contributed by atoms with Crippen molar-refractivity contribution in [1.29, 1.82) is 0 Å². The molecule has 72 valence electrons. The van der Waals surface area contributed by atoms with Gasteiger partial charge in [-0.3, -0.25) is 0 Å². The second kappa shape index (κ2) is 4.42. The van der Waals surface area contributed by atoms with Gasteiger partial charge >= 0.3 is 0 Å². The molecule has 0 bridgehead atoms. The van der Waals surface area contributed by atoms with Crippen LogP contribution in [0.2, 0.25) is 0 Å². The Bertz CT molecular complexity index is 315. The summed E-state index contributed by atoms with van der Waals surface area (Å²) < 4.78 is 1.56. The van der Waals surface area contributed by atoms with Gasteiger partial charge in [0.05, 0.1) is 5.69 Å². The molecule has 0 aliphatic rings. The highest BCUT2D eigenvalue weighted by molar-refractivity contribution is 9.11. The van der Waals surface area contributed by atoms with Crippen molar-refractivity contribution in [3.63, 3.8) is 0 Å². The summed E-state index contributed by atoms with van der Waals surface area (Å²) >= 11 is 6.65. The van der Waals surface area contributed by atoms with E-state index in [1.165, 1.54) is 0 Å². The fourth-order valence-corrected chi connectivity index (χ4v) is 2.32. The van der Waals surface area contributed by atoms with Gasteiger partial charge in [0.15, 0.2) is 4.73 Å². The van der Waals surface area contributed by atoms with Crippen LogP contribution in [-0.4, -0.2) is 9.97 Å². The van der Waals surface area contributed by atoms with Crippen molar-refractivity contribution in [3.05, 3.63) is 21.6 Å². The van der Waals surface area contributed by atoms with Crippen molar-refractivity contribution in [1.82, 2.24) is 9.97 Å². The number of rotatable bonds is 3. The Kier molecular flexibility index (Phi) is 3.74. The van der Waals surface area contributed by atoms with E-state index in [-0.39, 0.29) is 0 Å². The quantitative estimate of drug-likeness (QED) is 0.898. The lowest BCUT2D eigenvalue weighted by molar-refractivity contribution is 0.673. The molecule has 0 spiro atoms. The molecule has 0 aliphatic carbocycles. The van der Waals surface area contributed by atoms with Crippen molar-refractivity contribution in [2.24, 2.45) is 5.92 Å². The third-order valence-corrected chi connectivity index (χ3v) is 2.59. The van der Waals surface area contributed by atoms with Gasteiger partial charge in [0.1, 0.15) is 4.60 Å². The van der Waals surface area contributed by atoms with Gasteiger partial charge in [-0.25, -0.2) is 4.98 Å². The van der Waals surface area contributed by atoms with Gasteiger partial charge in [0.25, 0.3) is 0 Å². The van der Waals surface area contributed by atoms with Crippen molar-refractivity contribution < 1.29 is 0 Å². The third kappa shape index (κ3) is 2.95. The Balaban J connectivity index is 2.82. The smallest absolute Gasteiger partial charge is 0.176 e. The maximum atomic E-state index is 4.16. The number of aromatic nitrogens is 2. The SMILES string of the molecule is C=C(CC(C)C)c1[nH]c(Br)nc1Br. The number of halogens is 2. The summed E-state index contributed by atoms with van der Waals surface area (Å²) in [6.07, 6.45) is 0.979. The highest BCUT2D eigenvalue weighted by Gasteiger charge is 2.10. The first kappa shape index (κ1) is 11.0. The molecule has 2 nitrogen and oxygen atoms in total. The van der Waals surface area contributed by atoms with E-state index in [2.05, 4.69) is 62.3 Å². The first-order valence-corrected chi connectivity index (χ1v) is 5.68. The van der Waals surface area contributed by atoms with Crippen LogP contribution in [0.25, 0.3) is 5.57 Å².